The van der Waals surface area contributed by atoms with Gasteiger partial charge in [-0.05, 0) is 39.3 Å². The summed E-state index contributed by atoms with van der Waals surface area (Å²) in [6.45, 7) is 7.15. The number of aliphatic carboxylic acids is 1. The molecule has 0 radical (unpaired) electrons. The number of carboxylic acids is 1. The lowest BCUT2D eigenvalue weighted by molar-refractivity contribution is -0.565. The minimum absolute atomic E-state index is 0.141. The monoisotopic (exact) mass is 324 g/mol. The molecule has 0 fully saturated rings. The Morgan fingerprint density at radius 3 is 2.59 bits per heavy atom. The second-order valence-electron chi connectivity index (χ2n) is 6.36. The normalized spacial score (nSPS) is 22.6. The van der Waals surface area contributed by atoms with E-state index < -0.39 is 16.3 Å². The maximum Gasteiger partial charge on any atom is 0.303 e. The standard InChI is InChI=1S/C16H21NO4S/c1-11-16(2,3)13-10-12(22(20)21)7-8-14(13)17(11)9-5-4-6-15(18)19/h7-8,10-11H,4-6,9H2,1-3H3/p+1. The van der Waals surface area contributed by atoms with Gasteiger partial charge in [0.05, 0.1) is 10.3 Å². The molecule has 1 aliphatic heterocycles. The van der Waals surface area contributed by atoms with Crippen molar-refractivity contribution < 1.29 is 22.9 Å². The van der Waals surface area contributed by atoms with Crippen molar-refractivity contribution in [3.8, 4) is 0 Å². The van der Waals surface area contributed by atoms with Crippen LogP contribution in [0.3, 0.4) is 0 Å². The molecule has 0 bridgehead atoms. The second kappa shape index (κ2) is 6.20. The summed E-state index contributed by atoms with van der Waals surface area (Å²) in [5.74, 6) is -0.766. The molecule has 5 nitrogen and oxygen atoms in total. The van der Waals surface area contributed by atoms with E-state index in [1.807, 2.05) is 6.08 Å². The lowest BCUT2D eigenvalue weighted by atomic mass is 9.78. The van der Waals surface area contributed by atoms with Crippen molar-refractivity contribution in [3.63, 3.8) is 0 Å². The van der Waals surface area contributed by atoms with Gasteiger partial charge in [0.15, 0.2) is 6.04 Å². The predicted octanol–water partition coefficient (Wildman–Crippen LogP) is 1.67. The van der Waals surface area contributed by atoms with Gasteiger partial charge in [0, 0.05) is 24.5 Å². The third-order valence-corrected chi connectivity index (χ3v) is 5.35. The van der Waals surface area contributed by atoms with Crippen molar-refractivity contribution in [2.75, 3.05) is 6.54 Å². The molecule has 120 valence electrons. The van der Waals surface area contributed by atoms with Crippen molar-refractivity contribution in [3.05, 3.63) is 23.8 Å². The minimum Gasteiger partial charge on any atom is -0.481 e. The average molecular weight is 324 g/mol. The van der Waals surface area contributed by atoms with Crippen LogP contribution in [-0.4, -0.2) is 47.2 Å². The first-order valence-electron chi connectivity index (χ1n) is 7.47. The number of rotatable bonds is 5. The smallest absolute Gasteiger partial charge is 0.303 e. The van der Waals surface area contributed by atoms with E-state index in [-0.39, 0.29) is 17.9 Å². The largest absolute Gasteiger partial charge is 0.481 e. The molecule has 1 atom stereocenters. The van der Waals surface area contributed by atoms with Crippen LogP contribution in [0.1, 0.15) is 40.0 Å². The quantitative estimate of drug-likeness (QED) is 0.474. The third kappa shape index (κ3) is 3.06. The van der Waals surface area contributed by atoms with Gasteiger partial charge in [-0.1, -0.05) is 0 Å². The highest BCUT2D eigenvalue weighted by Crippen LogP contribution is 2.40. The molecular weight excluding hydrogens is 302 g/mol. The van der Waals surface area contributed by atoms with E-state index in [1.165, 1.54) is 0 Å². The van der Waals surface area contributed by atoms with E-state index in [1.54, 1.807) is 12.2 Å². The molecule has 2 aliphatic rings. The van der Waals surface area contributed by atoms with Crippen LogP contribution in [-0.2, 0) is 15.1 Å². The Labute approximate surface area is 132 Å². The fraction of sp³-hybridized carbons (Fsp3) is 0.562. The molecule has 0 saturated carbocycles. The highest BCUT2D eigenvalue weighted by Gasteiger charge is 2.48. The first kappa shape index (κ1) is 16.7. The lowest BCUT2D eigenvalue weighted by Gasteiger charge is -2.22. The molecule has 1 unspecified atom stereocenters. The molecule has 0 saturated heterocycles. The van der Waals surface area contributed by atoms with E-state index in [2.05, 4.69) is 25.3 Å². The van der Waals surface area contributed by atoms with Crippen LogP contribution in [0, 0.1) is 5.41 Å². The molecule has 0 aromatic heterocycles. The number of hydrogen-bond acceptors (Lipinski definition) is 3. The Morgan fingerprint density at radius 2 is 2.00 bits per heavy atom. The van der Waals surface area contributed by atoms with Crippen molar-refractivity contribution in [1.82, 2.24) is 0 Å². The van der Waals surface area contributed by atoms with E-state index >= 15 is 0 Å². The molecule has 0 aromatic rings. The van der Waals surface area contributed by atoms with Gasteiger partial charge in [-0.2, -0.15) is 8.42 Å². The Morgan fingerprint density at radius 1 is 1.32 bits per heavy atom. The van der Waals surface area contributed by atoms with Crippen LogP contribution in [0.25, 0.3) is 0 Å². The van der Waals surface area contributed by atoms with Crippen LogP contribution in [0.2, 0.25) is 0 Å². The number of allylic oxidation sites excluding steroid dienone is 3. The van der Waals surface area contributed by atoms with Crippen molar-refractivity contribution in [1.29, 1.82) is 0 Å². The molecule has 1 heterocycles. The van der Waals surface area contributed by atoms with Crippen LogP contribution in [0.15, 0.2) is 23.8 Å². The van der Waals surface area contributed by atoms with Crippen molar-refractivity contribution in [2.24, 2.45) is 5.41 Å². The zero-order valence-electron chi connectivity index (χ0n) is 13.2. The SMILES string of the molecule is CC1[N+](CCCCC(=O)O)=C2C=CC(=S(=O)=O)C=C2C1(C)C. The summed E-state index contributed by atoms with van der Waals surface area (Å²) < 4.78 is 24.6. The molecule has 1 aliphatic carbocycles. The Balaban J connectivity index is 2.28. The summed E-state index contributed by atoms with van der Waals surface area (Å²) >= 11 is 0. The van der Waals surface area contributed by atoms with Gasteiger partial charge < -0.3 is 5.11 Å². The van der Waals surface area contributed by atoms with Gasteiger partial charge in [-0.15, -0.1) is 0 Å². The van der Waals surface area contributed by atoms with Crippen molar-refractivity contribution >= 4 is 26.8 Å². The summed E-state index contributed by atoms with van der Waals surface area (Å²) in [5.41, 5.74) is 1.96. The van der Waals surface area contributed by atoms with Gasteiger partial charge in [0.1, 0.15) is 6.54 Å². The van der Waals surface area contributed by atoms with Crippen LogP contribution >= 0.6 is 0 Å². The molecule has 2 rings (SSSR count). The van der Waals surface area contributed by atoms with Crippen LogP contribution in [0.5, 0.6) is 0 Å². The van der Waals surface area contributed by atoms with Gasteiger partial charge in [-0.25, -0.2) is 4.58 Å². The maximum absolute atomic E-state index is 11.2. The van der Waals surface area contributed by atoms with Gasteiger partial charge in [0.2, 0.25) is 16.0 Å². The van der Waals surface area contributed by atoms with E-state index in [4.69, 9.17) is 5.11 Å². The Kier molecular flexibility index (Phi) is 4.70. The number of hydrogen-bond donors (Lipinski definition) is 1. The fourth-order valence-corrected chi connectivity index (χ4v) is 3.47. The highest BCUT2D eigenvalue weighted by molar-refractivity contribution is 7.73. The number of carbonyl (C=O) groups is 1. The molecule has 0 spiro atoms. The number of unbranched alkanes of at least 4 members (excludes halogenated alkanes) is 1. The van der Waals surface area contributed by atoms with Crippen molar-refractivity contribution in [2.45, 2.75) is 46.1 Å². The number of carboxylic acid groups (broad SMARTS) is 1. The highest BCUT2D eigenvalue weighted by atomic mass is 32.2. The lowest BCUT2D eigenvalue weighted by Crippen LogP contribution is -2.32. The van der Waals surface area contributed by atoms with Gasteiger partial charge >= 0.3 is 5.97 Å². The molecule has 0 amide bonds. The second-order valence-corrected chi connectivity index (χ2v) is 7.30. The van der Waals surface area contributed by atoms with E-state index in [9.17, 15) is 13.2 Å². The summed E-state index contributed by atoms with van der Waals surface area (Å²) in [4.78, 5) is 10.9. The first-order chi connectivity index (χ1) is 10.2. The summed E-state index contributed by atoms with van der Waals surface area (Å²) in [5, 5.41) is 8.71. The summed E-state index contributed by atoms with van der Waals surface area (Å²) in [6.07, 6.45) is 6.89. The molecule has 6 heteroatoms. The first-order valence-corrected chi connectivity index (χ1v) is 8.55. The van der Waals surface area contributed by atoms with E-state index in [0.717, 1.165) is 24.3 Å². The molecular formula is C16H22NO4S+. The average Bonchev–Trinajstić information content (AvgIpc) is 2.63. The maximum atomic E-state index is 11.2. The fourth-order valence-electron chi connectivity index (χ4n) is 3.08. The van der Waals surface area contributed by atoms with Crippen LogP contribution in [0.4, 0.5) is 0 Å². The molecule has 0 aromatic carbocycles. The minimum atomic E-state index is -2.22. The number of fused-ring (bicyclic) bond motifs is 1. The van der Waals surface area contributed by atoms with Crippen LogP contribution < -0.4 is 0 Å². The topological polar surface area (TPSA) is 74.5 Å². The zero-order valence-corrected chi connectivity index (χ0v) is 14.0. The summed E-state index contributed by atoms with van der Waals surface area (Å²) in [6, 6.07) is 0.239. The Bertz CT molecular complexity index is 715. The molecule has 22 heavy (non-hydrogen) atoms. The third-order valence-electron chi connectivity index (χ3n) is 4.72. The summed E-state index contributed by atoms with van der Waals surface area (Å²) in [7, 11) is -2.22. The van der Waals surface area contributed by atoms with Gasteiger partial charge in [0.25, 0.3) is 0 Å². The number of nitrogens with zero attached hydrogens (tertiary/aromatic N) is 1. The predicted molar refractivity (Wildman–Crippen MR) is 86.0 cm³/mol. The van der Waals surface area contributed by atoms with Gasteiger partial charge in [-0.3, -0.25) is 4.79 Å². The Hall–Kier alpha value is -1.69. The van der Waals surface area contributed by atoms with E-state index in [0.29, 0.717) is 11.3 Å². The zero-order chi connectivity index (χ0) is 16.5. The molecule has 1 N–H and O–H groups in total.